The number of hydrogen-bond donors (Lipinski definition) is 2. The van der Waals surface area contributed by atoms with Gasteiger partial charge >= 0.3 is 11.9 Å². The van der Waals surface area contributed by atoms with Gasteiger partial charge in [-0.15, -0.1) is 0 Å². The van der Waals surface area contributed by atoms with Gasteiger partial charge in [-0.05, 0) is 46.1 Å². The summed E-state index contributed by atoms with van der Waals surface area (Å²) in [7, 11) is 0. The monoisotopic (exact) mass is 532 g/mol. The van der Waals surface area contributed by atoms with Gasteiger partial charge in [-0.2, -0.15) is 0 Å². The van der Waals surface area contributed by atoms with E-state index in [4.69, 9.17) is 23.7 Å². The Bertz CT molecular complexity index is 1070. The fraction of sp³-hybridized carbons (Fsp3) is 0.655. The third-order valence-electron chi connectivity index (χ3n) is 8.52. The summed E-state index contributed by atoms with van der Waals surface area (Å²) in [5.74, 6) is -1.42. The fourth-order valence-corrected chi connectivity index (χ4v) is 7.26. The van der Waals surface area contributed by atoms with Gasteiger partial charge in [-0.3, -0.25) is 9.59 Å². The molecule has 8 unspecified atom stereocenters. The Hall–Kier alpha value is -2.46. The summed E-state index contributed by atoms with van der Waals surface area (Å²) in [6.45, 7) is 13.2. The summed E-state index contributed by atoms with van der Waals surface area (Å²) in [6.07, 6.45) is -3.67. The Labute approximate surface area is 224 Å². The van der Waals surface area contributed by atoms with E-state index in [1.165, 1.54) is 13.8 Å². The van der Waals surface area contributed by atoms with Crippen molar-refractivity contribution >= 4 is 11.9 Å². The molecule has 0 amide bonds. The molecule has 3 aliphatic rings. The number of allylic oxidation sites excluding steroid dienone is 1. The molecule has 2 bridgehead atoms. The molecular formula is C29H40O9. The standard InChI is InChI=1S/C29H40O9/c1-17(2)36-24-22-23(32)25(34-15-20-11-9-8-10-12-20)28(16-35-18(3)30)21(37-19(4)31)13-14-27(7,33)29(24,28)38-26(22,5)6/h8-12,21-25,32-33H,1,13-16H2,2-7H3. The van der Waals surface area contributed by atoms with Gasteiger partial charge in [0.1, 0.15) is 29.8 Å². The van der Waals surface area contributed by atoms with E-state index < -0.39 is 64.5 Å². The smallest absolute Gasteiger partial charge is 0.302 e. The average Bonchev–Trinajstić information content (AvgIpc) is 3.01. The van der Waals surface area contributed by atoms with E-state index in [0.717, 1.165) is 5.56 Å². The first-order valence-electron chi connectivity index (χ1n) is 13.1. The zero-order chi connectivity index (χ0) is 28.1. The number of hydrogen-bond acceptors (Lipinski definition) is 9. The second-order valence-corrected chi connectivity index (χ2v) is 11.6. The minimum Gasteiger partial charge on any atom is -0.492 e. The number of benzene rings is 1. The first-order valence-corrected chi connectivity index (χ1v) is 13.1. The highest BCUT2D eigenvalue weighted by Gasteiger charge is 2.86. The lowest BCUT2D eigenvalue weighted by atomic mass is 9.46. The predicted octanol–water partition coefficient (Wildman–Crippen LogP) is 3.05. The van der Waals surface area contributed by atoms with Gasteiger partial charge in [-0.1, -0.05) is 36.9 Å². The molecule has 0 radical (unpaired) electrons. The molecule has 9 nitrogen and oxygen atoms in total. The van der Waals surface area contributed by atoms with E-state index in [1.807, 2.05) is 44.2 Å². The maximum Gasteiger partial charge on any atom is 0.302 e. The molecule has 8 atom stereocenters. The fourth-order valence-electron chi connectivity index (χ4n) is 7.26. The van der Waals surface area contributed by atoms with Crippen molar-refractivity contribution in [2.45, 2.75) is 102 Å². The molecule has 2 N–H and O–H groups in total. The maximum absolute atomic E-state index is 12.4. The second-order valence-electron chi connectivity index (χ2n) is 11.6. The Morgan fingerprint density at radius 2 is 1.71 bits per heavy atom. The van der Waals surface area contributed by atoms with E-state index >= 15 is 0 Å². The predicted molar refractivity (Wildman–Crippen MR) is 137 cm³/mol. The van der Waals surface area contributed by atoms with Crippen LogP contribution in [0.25, 0.3) is 0 Å². The van der Waals surface area contributed by atoms with Crippen molar-refractivity contribution in [3.8, 4) is 0 Å². The zero-order valence-corrected chi connectivity index (χ0v) is 23.1. The first kappa shape index (κ1) is 28.5. The third kappa shape index (κ3) is 4.33. The number of aliphatic hydroxyl groups is 2. The highest BCUT2D eigenvalue weighted by Crippen LogP contribution is 2.69. The Morgan fingerprint density at radius 1 is 1.05 bits per heavy atom. The molecule has 1 heterocycles. The quantitative estimate of drug-likeness (QED) is 0.384. The van der Waals surface area contributed by atoms with Crippen molar-refractivity contribution < 1.29 is 43.5 Å². The molecule has 1 aromatic carbocycles. The summed E-state index contributed by atoms with van der Waals surface area (Å²) >= 11 is 0. The van der Waals surface area contributed by atoms with Crippen LogP contribution >= 0.6 is 0 Å². The zero-order valence-electron chi connectivity index (χ0n) is 23.1. The van der Waals surface area contributed by atoms with Gasteiger partial charge in [-0.25, -0.2) is 0 Å². The van der Waals surface area contributed by atoms with E-state index in [1.54, 1.807) is 13.8 Å². The summed E-state index contributed by atoms with van der Waals surface area (Å²) in [5.41, 5.74) is -4.85. The highest BCUT2D eigenvalue weighted by molar-refractivity contribution is 5.67. The van der Waals surface area contributed by atoms with Gasteiger partial charge in [0, 0.05) is 13.8 Å². The van der Waals surface area contributed by atoms with Crippen LogP contribution in [-0.4, -0.2) is 70.0 Å². The van der Waals surface area contributed by atoms with Crippen molar-refractivity contribution in [1.29, 1.82) is 0 Å². The summed E-state index contributed by atoms with van der Waals surface area (Å²) in [4.78, 5) is 24.6. The van der Waals surface area contributed by atoms with Crippen molar-refractivity contribution in [2.24, 2.45) is 11.3 Å². The molecule has 38 heavy (non-hydrogen) atoms. The molecule has 1 saturated heterocycles. The van der Waals surface area contributed by atoms with E-state index in [-0.39, 0.29) is 26.1 Å². The molecule has 4 rings (SSSR count). The van der Waals surface area contributed by atoms with Gasteiger partial charge in [0.2, 0.25) is 0 Å². The Balaban J connectivity index is 1.99. The van der Waals surface area contributed by atoms with Crippen molar-refractivity contribution in [1.82, 2.24) is 0 Å². The second kappa shape index (κ2) is 9.93. The molecule has 3 fully saturated rings. The largest absolute Gasteiger partial charge is 0.492 e. The molecule has 1 aliphatic heterocycles. The molecular weight excluding hydrogens is 492 g/mol. The molecule has 1 spiro atoms. The topological polar surface area (TPSA) is 121 Å². The molecule has 9 heteroatoms. The van der Waals surface area contributed by atoms with Gasteiger partial charge in [0.05, 0.1) is 41.7 Å². The number of carbonyl (C=O) groups excluding carboxylic acids is 2. The van der Waals surface area contributed by atoms with Crippen molar-refractivity contribution in [3.05, 3.63) is 48.2 Å². The van der Waals surface area contributed by atoms with Crippen LogP contribution in [0, 0.1) is 11.3 Å². The normalized spacial score (nSPS) is 39.1. The van der Waals surface area contributed by atoms with E-state index in [0.29, 0.717) is 5.76 Å². The summed E-state index contributed by atoms with van der Waals surface area (Å²) in [5, 5.41) is 24.2. The minimum atomic E-state index is -1.61. The van der Waals surface area contributed by atoms with E-state index in [2.05, 4.69) is 6.58 Å². The minimum absolute atomic E-state index is 0.120. The number of ether oxygens (including phenoxy) is 5. The summed E-state index contributed by atoms with van der Waals surface area (Å²) < 4.78 is 31.2. The van der Waals surface area contributed by atoms with E-state index in [9.17, 15) is 19.8 Å². The molecule has 210 valence electrons. The average molecular weight is 533 g/mol. The maximum atomic E-state index is 12.4. The van der Waals surface area contributed by atoms with Crippen molar-refractivity contribution in [3.63, 3.8) is 0 Å². The van der Waals surface area contributed by atoms with Crippen LogP contribution in [0.2, 0.25) is 0 Å². The van der Waals surface area contributed by atoms with Crippen LogP contribution in [-0.2, 0) is 39.9 Å². The molecule has 2 saturated carbocycles. The van der Waals surface area contributed by atoms with Crippen LogP contribution in [0.1, 0.15) is 59.9 Å². The van der Waals surface area contributed by atoms with Gasteiger partial charge in [0.25, 0.3) is 0 Å². The lowest BCUT2D eigenvalue weighted by molar-refractivity contribution is -0.355. The number of carbonyl (C=O) groups is 2. The number of aliphatic hydroxyl groups excluding tert-OH is 1. The van der Waals surface area contributed by atoms with Crippen LogP contribution in [0.15, 0.2) is 42.7 Å². The lowest BCUT2D eigenvalue weighted by Crippen LogP contribution is -2.83. The Kier molecular flexibility index (Phi) is 7.46. The lowest BCUT2D eigenvalue weighted by Gasteiger charge is -2.65. The van der Waals surface area contributed by atoms with Gasteiger partial charge < -0.3 is 33.9 Å². The molecule has 1 aromatic rings. The molecule has 2 aliphatic carbocycles. The van der Waals surface area contributed by atoms with Crippen LogP contribution < -0.4 is 0 Å². The Morgan fingerprint density at radius 3 is 2.29 bits per heavy atom. The SMILES string of the molecule is C=C(C)OC1C2C(O)C(OCc3ccccc3)C3(COC(C)=O)C(OC(C)=O)CCC(C)(O)C13OC2(C)C. The van der Waals surface area contributed by atoms with Crippen molar-refractivity contribution in [2.75, 3.05) is 6.61 Å². The van der Waals surface area contributed by atoms with Gasteiger partial charge in [0.15, 0.2) is 0 Å². The first-order chi connectivity index (χ1) is 17.7. The van der Waals surface area contributed by atoms with Crippen LogP contribution in [0.3, 0.4) is 0 Å². The van der Waals surface area contributed by atoms with Crippen LogP contribution in [0.4, 0.5) is 0 Å². The van der Waals surface area contributed by atoms with Crippen LogP contribution in [0.5, 0.6) is 0 Å². The number of esters is 2. The highest BCUT2D eigenvalue weighted by atomic mass is 16.6. The number of rotatable bonds is 8. The third-order valence-corrected chi connectivity index (χ3v) is 8.52. The summed E-state index contributed by atoms with van der Waals surface area (Å²) in [6, 6.07) is 9.44. The molecule has 0 aromatic heterocycles. The number of fused-ring (bicyclic) bond motifs is 1.